The van der Waals surface area contributed by atoms with Crippen LogP contribution in [-0.4, -0.2) is 22.5 Å². The minimum atomic E-state index is -0.784. The first-order valence-electron chi connectivity index (χ1n) is 7.87. The summed E-state index contributed by atoms with van der Waals surface area (Å²) in [5, 5.41) is 12.2. The molecule has 20 heavy (non-hydrogen) atoms. The van der Waals surface area contributed by atoms with Gasteiger partial charge in [0.25, 0.3) is 0 Å². The SMILES string of the molecule is CCC(C)(CC)NC(=O)CC1(CC(=O)O)CCCCC1. The molecule has 0 radical (unpaired) electrons. The van der Waals surface area contributed by atoms with E-state index in [9.17, 15) is 9.59 Å². The van der Waals surface area contributed by atoms with E-state index in [1.165, 1.54) is 0 Å². The third-order valence-electron chi connectivity index (χ3n) is 4.98. The minimum Gasteiger partial charge on any atom is -0.481 e. The molecule has 116 valence electrons. The zero-order valence-electron chi connectivity index (χ0n) is 13.1. The van der Waals surface area contributed by atoms with Crippen molar-refractivity contribution in [2.24, 2.45) is 5.41 Å². The summed E-state index contributed by atoms with van der Waals surface area (Å²) in [5.41, 5.74) is -0.493. The summed E-state index contributed by atoms with van der Waals surface area (Å²) >= 11 is 0. The first-order chi connectivity index (χ1) is 9.35. The van der Waals surface area contributed by atoms with E-state index in [0.717, 1.165) is 44.9 Å². The first-order valence-corrected chi connectivity index (χ1v) is 7.87. The zero-order chi connectivity index (χ0) is 15.2. The Kier molecular flexibility index (Phi) is 6.03. The van der Waals surface area contributed by atoms with E-state index in [4.69, 9.17) is 5.11 Å². The molecular weight excluding hydrogens is 254 g/mol. The van der Waals surface area contributed by atoms with Gasteiger partial charge < -0.3 is 10.4 Å². The van der Waals surface area contributed by atoms with Gasteiger partial charge in [0, 0.05) is 12.0 Å². The molecule has 1 saturated carbocycles. The lowest BCUT2D eigenvalue weighted by atomic mass is 9.69. The number of carboxylic acid groups (broad SMARTS) is 1. The van der Waals surface area contributed by atoms with Crippen LogP contribution in [0.5, 0.6) is 0 Å². The van der Waals surface area contributed by atoms with Crippen LogP contribution in [0.4, 0.5) is 0 Å². The summed E-state index contributed by atoms with van der Waals surface area (Å²) in [4.78, 5) is 23.4. The predicted octanol–water partition coefficient (Wildman–Crippen LogP) is 3.50. The molecule has 0 heterocycles. The summed E-state index contributed by atoms with van der Waals surface area (Å²) < 4.78 is 0. The molecule has 2 N–H and O–H groups in total. The number of carbonyl (C=O) groups excluding carboxylic acids is 1. The summed E-state index contributed by atoms with van der Waals surface area (Å²) in [5.74, 6) is -0.771. The van der Waals surface area contributed by atoms with Gasteiger partial charge in [-0.3, -0.25) is 9.59 Å². The Labute approximate surface area is 122 Å². The molecule has 0 unspecified atom stereocenters. The third kappa shape index (κ3) is 4.80. The van der Waals surface area contributed by atoms with E-state index in [0.29, 0.717) is 6.42 Å². The van der Waals surface area contributed by atoms with Crippen molar-refractivity contribution in [1.82, 2.24) is 5.32 Å². The van der Waals surface area contributed by atoms with Gasteiger partial charge in [-0.05, 0) is 38.0 Å². The highest BCUT2D eigenvalue weighted by Gasteiger charge is 2.37. The minimum absolute atomic E-state index is 0.0133. The number of aliphatic carboxylic acids is 1. The Morgan fingerprint density at radius 1 is 1.10 bits per heavy atom. The standard InChI is InChI=1S/C16H29NO3/c1-4-15(3,5-2)17-13(18)11-16(12-14(19)20)9-7-6-8-10-16/h4-12H2,1-3H3,(H,17,18)(H,19,20). The van der Waals surface area contributed by atoms with E-state index >= 15 is 0 Å². The van der Waals surface area contributed by atoms with Gasteiger partial charge in [0.2, 0.25) is 5.91 Å². The number of rotatable bonds is 7. The molecule has 1 aliphatic carbocycles. The van der Waals surface area contributed by atoms with Crippen molar-refractivity contribution in [2.75, 3.05) is 0 Å². The molecule has 0 aromatic heterocycles. The van der Waals surface area contributed by atoms with Gasteiger partial charge in [-0.1, -0.05) is 33.1 Å². The molecule has 1 amide bonds. The highest BCUT2D eigenvalue weighted by Crippen LogP contribution is 2.42. The van der Waals surface area contributed by atoms with Crippen molar-refractivity contribution < 1.29 is 14.7 Å². The van der Waals surface area contributed by atoms with Crippen molar-refractivity contribution in [3.63, 3.8) is 0 Å². The second-order valence-electron chi connectivity index (χ2n) is 6.62. The van der Waals surface area contributed by atoms with Gasteiger partial charge in [-0.2, -0.15) is 0 Å². The lowest BCUT2D eigenvalue weighted by Crippen LogP contribution is -2.47. The number of hydrogen-bond donors (Lipinski definition) is 2. The van der Waals surface area contributed by atoms with Gasteiger partial charge in [0.05, 0.1) is 6.42 Å². The van der Waals surface area contributed by atoms with Crippen molar-refractivity contribution in [1.29, 1.82) is 0 Å². The molecule has 0 atom stereocenters. The molecule has 0 bridgehead atoms. The smallest absolute Gasteiger partial charge is 0.303 e. The maximum absolute atomic E-state index is 12.3. The van der Waals surface area contributed by atoms with Crippen molar-refractivity contribution in [3.05, 3.63) is 0 Å². The van der Waals surface area contributed by atoms with Gasteiger partial charge >= 0.3 is 5.97 Å². The molecule has 0 aromatic rings. The second-order valence-corrected chi connectivity index (χ2v) is 6.62. The fourth-order valence-electron chi connectivity index (χ4n) is 3.19. The summed E-state index contributed by atoms with van der Waals surface area (Å²) in [6.07, 6.45) is 7.22. The predicted molar refractivity (Wildman–Crippen MR) is 79.5 cm³/mol. The summed E-state index contributed by atoms with van der Waals surface area (Å²) in [7, 11) is 0. The highest BCUT2D eigenvalue weighted by molar-refractivity contribution is 5.78. The van der Waals surface area contributed by atoms with Gasteiger partial charge in [0.15, 0.2) is 0 Å². The summed E-state index contributed by atoms with van der Waals surface area (Å²) in [6.45, 7) is 6.18. The molecule has 0 aromatic carbocycles. The molecule has 0 saturated heterocycles. The molecule has 0 aliphatic heterocycles. The molecular formula is C16H29NO3. The Hall–Kier alpha value is -1.06. The van der Waals surface area contributed by atoms with Crippen LogP contribution in [0, 0.1) is 5.41 Å². The molecule has 4 nitrogen and oxygen atoms in total. The van der Waals surface area contributed by atoms with Gasteiger partial charge in [0.1, 0.15) is 0 Å². The van der Waals surface area contributed by atoms with Crippen LogP contribution in [0.15, 0.2) is 0 Å². The lowest BCUT2D eigenvalue weighted by Gasteiger charge is -2.37. The quantitative estimate of drug-likeness (QED) is 0.751. The number of amides is 1. The molecule has 1 aliphatic rings. The van der Waals surface area contributed by atoms with Crippen LogP contribution in [0.1, 0.15) is 78.6 Å². The monoisotopic (exact) mass is 283 g/mol. The van der Waals surface area contributed by atoms with Crippen LogP contribution in [-0.2, 0) is 9.59 Å². The van der Waals surface area contributed by atoms with E-state index in [-0.39, 0.29) is 23.3 Å². The van der Waals surface area contributed by atoms with Gasteiger partial charge in [-0.15, -0.1) is 0 Å². The van der Waals surface area contributed by atoms with Crippen molar-refractivity contribution >= 4 is 11.9 Å². The largest absolute Gasteiger partial charge is 0.481 e. The number of carbonyl (C=O) groups is 2. The highest BCUT2D eigenvalue weighted by atomic mass is 16.4. The molecule has 1 fully saturated rings. The zero-order valence-corrected chi connectivity index (χ0v) is 13.1. The van der Waals surface area contributed by atoms with Crippen molar-refractivity contribution in [2.45, 2.75) is 84.1 Å². The van der Waals surface area contributed by atoms with E-state index in [2.05, 4.69) is 26.1 Å². The lowest BCUT2D eigenvalue weighted by molar-refractivity contribution is -0.141. The first kappa shape index (κ1) is 17.0. The van der Waals surface area contributed by atoms with Crippen LogP contribution >= 0.6 is 0 Å². The second kappa shape index (κ2) is 7.09. The molecule has 1 rings (SSSR count). The van der Waals surface area contributed by atoms with Crippen LogP contribution in [0.3, 0.4) is 0 Å². The molecule has 0 spiro atoms. The maximum atomic E-state index is 12.3. The molecule has 4 heteroatoms. The average Bonchev–Trinajstić information content (AvgIpc) is 2.38. The summed E-state index contributed by atoms with van der Waals surface area (Å²) in [6, 6.07) is 0. The topological polar surface area (TPSA) is 66.4 Å². The Balaban J connectivity index is 2.69. The number of nitrogens with one attached hydrogen (secondary N) is 1. The number of hydrogen-bond acceptors (Lipinski definition) is 2. The normalized spacial score (nSPS) is 18.6. The average molecular weight is 283 g/mol. The van der Waals surface area contributed by atoms with E-state index in [1.807, 2.05) is 0 Å². The van der Waals surface area contributed by atoms with E-state index < -0.39 is 5.97 Å². The van der Waals surface area contributed by atoms with Crippen LogP contribution < -0.4 is 5.32 Å². The van der Waals surface area contributed by atoms with Crippen LogP contribution in [0.25, 0.3) is 0 Å². The Morgan fingerprint density at radius 2 is 1.65 bits per heavy atom. The fourth-order valence-corrected chi connectivity index (χ4v) is 3.19. The van der Waals surface area contributed by atoms with Crippen molar-refractivity contribution in [3.8, 4) is 0 Å². The van der Waals surface area contributed by atoms with Gasteiger partial charge in [-0.25, -0.2) is 0 Å². The van der Waals surface area contributed by atoms with Crippen LogP contribution in [0.2, 0.25) is 0 Å². The fraction of sp³-hybridized carbons (Fsp3) is 0.875. The third-order valence-corrected chi connectivity index (χ3v) is 4.98. The Morgan fingerprint density at radius 3 is 2.10 bits per heavy atom. The maximum Gasteiger partial charge on any atom is 0.303 e. The van der Waals surface area contributed by atoms with E-state index in [1.54, 1.807) is 0 Å². The number of carboxylic acids is 1. The Bertz CT molecular complexity index is 342.